The molecule has 1 rings (SSSR count). The molecule has 3 heteroatoms. The Morgan fingerprint density at radius 3 is 2.60 bits per heavy atom. The predicted octanol–water partition coefficient (Wildman–Crippen LogP) is 2.11. The summed E-state index contributed by atoms with van der Waals surface area (Å²) < 4.78 is 0. The van der Waals surface area contributed by atoms with E-state index in [1.807, 2.05) is 0 Å². The number of phenolic OH excluding ortho intramolecular Hbond substituents is 1. The summed E-state index contributed by atoms with van der Waals surface area (Å²) in [5, 5.41) is 16.3. The van der Waals surface area contributed by atoms with Crippen LogP contribution in [0.2, 0.25) is 0 Å². The Balaban J connectivity index is 3.03. The second-order valence-corrected chi connectivity index (χ2v) is 1.79. The van der Waals surface area contributed by atoms with Gasteiger partial charge in [-0.25, -0.2) is 0 Å². The van der Waals surface area contributed by atoms with Gasteiger partial charge in [-0.2, -0.15) is 10.2 Å². The van der Waals surface area contributed by atoms with E-state index in [0.29, 0.717) is 5.69 Å². The van der Waals surface area contributed by atoms with Gasteiger partial charge in [-0.3, -0.25) is 0 Å². The Hall–Kier alpha value is -1.38. The van der Waals surface area contributed by atoms with E-state index >= 15 is 0 Å². The van der Waals surface area contributed by atoms with Gasteiger partial charge in [0.05, 0.1) is 0 Å². The van der Waals surface area contributed by atoms with Crippen LogP contribution in [0.15, 0.2) is 34.5 Å². The number of hydrogen-bond acceptors (Lipinski definition) is 3. The lowest BCUT2D eigenvalue weighted by atomic mass is 10.3. The summed E-state index contributed by atoms with van der Waals surface area (Å²) in [6, 6.07) is 6.81. The Labute approximate surface area is 59.0 Å². The maximum Gasteiger partial charge on any atom is 0.143 e. The molecule has 52 valence electrons. The van der Waals surface area contributed by atoms with E-state index in [0.717, 1.165) is 0 Å². The highest BCUT2D eigenvalue weighted by atomic mass is 16.3. The molecule has 0 radical (unpaired) electrons. The number of para-hydroxylation sites is 1. The molecular formula is C7H8N2O. The van der Waals surface area contributed by atoms with Crippen LogP contribution in [0.25, 0.3) is 0 Å². The molecule has 1 aromatic rings. The summed E-state index contributed by atoms with van der Waals surface area (Å²) in [5.41, 5.74) is 0.505. The number of hydrogen-bond donors (Lipinski definition) is 1. The van der Waals surface area contributed by atoms with Gasteiger partial charge in [-0.15, -0.1) is 0 Å². The summed E-state index contributed by atoms with van der Waals surface area (Å²) in [6.07, 6.45) is 0. The lowest BCUT2D eigenvalue weighted by molar-refractivity contribution is 0.476. The van der Waals surface area contributed by atoms with Gasteiger partial charge < -0.3 is 5.11 Å². The van der Waals surface area contributed by atoms with Crippen molar-refractivity contribution in [3.63, 3.8) is 0 Å². The fourth-order valence-corrected chi connectivity index (χ4v) is 0.656. The van der Waals surface area contributed by atoms with Crippen molar-refractivity contribution < 1.29 is 5.11 Å². The molecule has 0 bridgehead atoms. The van der Waals surface area contributed by atoms with Crippen LogP contribution < -0.4 is 0 Å². The van der Waals surface area contributed by atoms with Crippen LogP contribution in [0.5, 0.6) is 5.75 Å². The highest BCUT2D eigenvalue weighted by Crippen LogP contribution is 2.24. The van der Waals surface area contributed by atoms with Crippen molar-refractivity contribution in [3.8, 4) is 5.75 Å². The van der Waals surface area contributed by atoms with Crippen LogP contribution in [-0.2, 0) is 0 Å². The van der Waals surface area contributed by atoms with Crippen molar-refractivity contribution in [3.05, 3.63) is 24.3 Å². The third-order valence-electron chi connectivity index (χ3n) is 1.09. The number of azo groups is 1. The topological polar surface area (TPSA) is 45.0 Å². The van der Waals surface area contributed by atoms with Crippen molar-refractivity contribution in [2.45, 2.75) is 0 Å². The Bertz CT molecular complexity index is 245. The average molecular weight is 136 g/mol. The number of benzene rings is 1. The second-order valence-electron chi connectivity index (χ2n) is 1.79. The molecule has 0 unspecified atom stereocenters. The highest BCUT2D eigenvalue weighted by molar-refractivity contribution is 5.49. The van der Waals surface area contributed by atoms with Crippen LogP contribution in [0, 0.1) is 0 Å². The molecule has 0 aromatic heterocycles. The van der Waals surface area contributed by atoms with Gasteiger partial charge >= 0.3 is 0 Å². The van der Waals surface area contributed by atoms with Crippen LogP contribution in [0.4, 0.5) is 5.69 Å². The van der Waals surface area contributed by atoms with E-state index in [1.165, 1.54) is 0 Å². The van der Waals surface area contributed by atoms with Crippen molar-refractivity contribution in [1.82, 2.24) is 0 Å². The van der Waals surface area contributed by atoms with E-state index < -0.39 is 0 Å². The molecule has 0 saturated carbocycles. The molecule has 10 heavy (non-hydrogen) atoms. The zero-order valence-corrected chi connectivity index (χ0v) is 5.65. The highest BCUT2D eigenvalue weighted by Gasteiger charge is 1.93. The summed E-state index contributed by atoms with van der Waals surface area (Å²) >= 11 is 0. The standard InChI is InChI=1S/C7H8N2O/c1-8-9-6-4-2-3-5-7(6)10/h2-5,10H,1H3/b9-8+. The number of nitrogens with zero attached hydrogens (tertiary/aromatic N) is 2. The minimum absolute atomic E-state index is 0.160. The smallest absolute Gasteiger partial charge is 0.143 e. The molecule has 0 saturated heterocycles. The lowest BCUT2D eigenvalue weighted by Gasteiger charge is -1.92. The molecular weight excluding hydrogens is 128 g/mol. The molecule has 3 nitrogen and oxygen atoms in total. The maximum atomic E-state index is 9.09. The third-order valence-corrected chi connectivity index (χ3v) is 1.09. The van der Waals surface area contributed by atoms with Crippen LogP contribution in [-0.4, -0.2) is 12.2 Å². The minimum atomic E-state index is 0.160. The van der Waals surface area contributed by atoms with E-state index in [1.54, 1.807) is 31.3 Å². The molecule has 0 aliphatic heterocycles. The van der Waals surface area contributed by atoms with Gasteiger partial charge in [0, 0.05) is 7.05 Å². The summed E-state index contributed by atoms with van der Waals surface area (Å²) in [7, 11) is 1.56. The normalized spacial score (nSPS) is 10.5. The second kappa shape index (κ2) is 2.96. The molecule has 0 heterocycles. The Morgan fingerprint density at radius 2 is 2.00 bits per heavy atom. The quantitative estimate of drug-likeness (QED) is 0.590. The van der Waals surface area contributed by atoms with Crippen molar-refractivity contribution >= 4 is 5.69 Å². The third kappa shape index (κ3) is 1.31. The van der Waals surface area contributed by atoms with Crippen LogP contribution >= 0.6 is 0 Å². The summed E-state index contributed by atoms with van der Waals surface area (Å²) in [6.45, 7) is 0. The maximum absolute atomic E-state index is 9.09. The number of aromatic hydroxyl groups is 1. The van der Waals surface area contributed by atoms with Gasteiger partial charge in [0.2, 0.25) is 0 Å². The minimum Gasteiger partial charge on any atom is -0.506 e. The molecule has 0 spiro atoms. The van der Waals surface area contributed by atoms with Gasteiger partial charge in [-0.05, 0) is 12.1 Å². The van der Waals surface area contributed by atoms with E-state index in [4.69, 9.17) is 5.11 Å². The first-order valence-electron chi connectivity index (χ1n) is 2.92. The van der Waals surface area contributed by atoms with Gasteiger partial charge in [0.1, 0.15) is 11.4 Å². The fourth-order valence-electron chi connectivity index (χ4n) is 0.656. The number of rotatable bonds is 1. The molecule has 0 aliphatic rings. The molecule has 0 amide bonds. The van der Waals surface area contributed by atoms with Crippen molar-refractivity contribution in [1.29, 1.82) is 0 Å². The monoisotopic (exact) mass is 136 g/mol. The molecule has 0 atom stereocenters. The fraction of sp³-hybridized carbons (Fsp3) is 0.143. The molecule has 0 aliphatic carbocycles. The van der Waals surface area contributed by atoms with Gasteiger partial charge in [-0.1, -0.05) is 12.1 Å². The molecule has 1 aromatic carbocycles. The zero-order valence-electron chi connectivity index (χ0n) is 5.65. The first-order chi connectivity index (χ1) is 4.84. The SMILES string of the molecule is C/N=N/c1ccccc1O. The van der Waals surface area contributed by atoms with Gasteiger partial charge in [0.25, 0.3) is 0 Å². The van der Waals surface area contributed by atoms with Crippen molar-refractivity contribution in [2.24, 2.45) is 10.2 Å². The average Bonchev–Trinajstić information content (AvgIpc) is 1.94. The van der Waals surface area contributed by atoms with Crippen molar-refractivity contribution in [2.75, 3.05) is 7.05 Å². The van der Waals surface area contributed by atoms with Crippen LogP contribution in [0.3, 0.4) is 0 Å². The summed E-state index contributed by atoms with van der Waals surface area (Å²) in [4.78, 5) is 0. The predicted molar refractivity (Wildman–Crippen MR) is 38.5 cm³/mol. The Kier molecular flexibility index (Phi) is 1.99. The van der Waals surface area contributed by atoms with Gasteiger partial charge in [0.15, 0.2) is 0 Å². The van der Waals surface area contributed by atoms with E-state index in [-0.39, 0.29) is 5.75 Å². The molecule has 1 N–H and O–H groups in total. The first kappa shape index (κ1) is 6.74. The van der Waals surface area contributed by atoms with Crippen LogP contribution in [0.1, 0.15) is 0 Å². The zero-order chi connectivity index (χ0) is 7.40. The summed E-state index contributed by atoms with van der Waals surface area (Å²) in [5.74, 6) is 0.160. The Morgan fingerprint density at radius 1 is 1.30 bits per heavy atom. The van der Waals surface area contributed by atoms with E-state index in [2.05, 4.69) is 10.2 Å². The first-order valence-corrected chi connectivity index (χ1v) is 2.92. The number of phenols is 1. The largest absolute Gasteiger partial charge is 0.506 e. The van der Waals surface area contributed by atoms with E-state index in [9.17, 15) is 0 Å². The molecule has 0 fully saturated rings. The lowest BCUT2D eigenvalue weighted by Crippen LogP contribution is -1.64.